The van der Waals surface area contributed by atoms with Crippen LogP contribution in [0.2, 0.25) is 0 Å². The minimum Gasteiger partial charge on any atom is -0.353 e. The summed E-state index contributed by atoms with van der Waals surface area (Å²) < 4.78 is 0. The van der Waals surface area contributed by atoms with E-state index in [9.17, 15) is 4.79 Å². The zero-order valence-electron chi connectivity index (χ0n) is 9.80. The maximum atomic E-state index is 11.7. The van der Waals surface area contributed by atoms with E-state index in [-0.39, 0.29) is 0 Å². The molecule has 0 aromatic heterocycles. The predicted molar refractivity (Wildman–Crippen MR) is 61.5 cm³/mol. The second kappa shape index (κ2) is 5.00. The van der Waals surface area contributed by atoms with Crippen LogP contribution in [-0.4, -0.2) is 11.9 Å². The van der Waals surface area contributed by atoms with Gasteiger partial charge in [-0.1, -0.05) is 26.2 Å². The molecule has 2 rings (SSSR count). The number of carbonyl (C=O) groups is 1. The van der Waals surface area contributed by atoms with Crippen LogP contribution in [-0.2, 0) is 4.79 Å². The lowest BCUT2D eigenvalue weighted by Gasteiger charge is -2.30. The van der Waals surface area contributed by atoms with Crippen molar-refractivity contribution in [2.75, 3.05) is 0 Å². The van der Waals surface area contributed by atoms with Crippen LogP contribution in [0.4, 0.5) is 0 Å². The minimum atomic E-state index is 0.326. The molecule has 0 spiro atoms. The fourth-order valence-electron chi connectivity index (χ4n) is 2.74. The van der Waals surface area contributed by atoms with Crippen molar-refractivity contribution in [3.05, 3.63) is 0 Å². The molecular weight excluding hydrogens is 186 g/mol. The number of nitrogens with one attached hydrogen (secondary N) is 1. The lowest BCUT2D eigenvalue weighted by molar-refractivity contribution is -0.123. The quantitative estimate of drug-likeness (QED) is 0.758. The maximum Gasteiger partial charge on any atom is 0.223 e. The number of hydrogen-bond acceptors (Lipinski definition) is 1. The van der Waals surface area contributed by atoms with Gasteiger partial charge in [0.05, 0.1) is 0 Å². The summed E-state index contributed by atoms with van der Waals surface area (Å²) >= 11 is 0. The van der Waals surface area contributed by atoms with E-state index in [1.165, 1.54) is 32.1 Å². The average molecular weight is 209 g/mol. The van der Waals surface area contributed by atoms with E-state index >= 15 is 0 Å². The summed E-state index contributed by atoms with van der Waals surface area (Å²) in [5, 5.41) is 3.26. The molecule has 0 heterocycles. The van der Waals surface area contributed by atoms with Gasteiger partial charge in [-0.2, -0.15) is 0 Å². The summed E-state index contributed by atoms with van der Waals surface area (Å²) in [5.41, 5.74) is 0. The third-order valence-corrected chi connectivity index (χ3v) is 3.93. The average Bonchev–Trinajstić information content (AvgIpc) is 3.10. The Kier molecular flexibility index (Phi) is 3.66. The first-order chi connectivity index (χ1) is 7.31. The van der Waals surface area contributed by atoms with Gasteiger partial charge in [0.15, 0.2) is 0 Å². The highest BCUT2D eigenvalue weighted by Crippen LogP contribution is 2.31. The van der Waals surface area contributed by atoms with Crippen molar-refractivity contribution in [2.45, 2.75) is 64.3 Å². The van der Waals surface area contributed by atoms with Crippen LogP contribution in [0.15, 0.2) is 0 Å². The van der Waals surface area contributed by atoms with E-state index in [2.05, 4.69) is 12.2 Å². The molecule has 2 fully saturated rings. The molecule has 86 valence electrons. The topological polar surface area (TPSA) is 29.1 Å². The molecule has 2 heteroatoms. The standard InChI is InChI=1S/C13H23NO/c1-2-12(10-6-4-3-5-7-10)14-13(15)11-8-9-11/h10-12H,2-9H2,1H3,(H,14,15). The second-order valence-electron chi connectivity index (χ2n) is 5.20. The molecular formula is C13H23NO. The summed E-state index contributed by atoms with van der Waals surface area (Å²) in [4.78, 5) is 11.7. The van der Waals surface area contributed by atoms with Crippen LogP contribution >= 0.6 is 0 Å². The van der Waals surface area contributed by atoms with Gasteiger partial charge in [-0.3, -0.25) is 4.79 Å². The molecule has 2 saturated carbocycles. The van der Waals surface area contributed by atoms with Gasteiger partial charge in [-0.25, -0.2) is 0 Å². The van der Waals surface area contributed by atoms with E-state index in [0.29, 0.717) is 17.9 Å². The predicted octanol–water partition coefficient (Wildman–Crippen LogP) is 2.87. The molecule has 2 nitrogen and oxygen atoms in total. The fourth-order valence-corrected chi connectivity index (χ4v) is 2.74. The first-order valence-electron chi connectivity index (χ1n) is 6.61. The molecule has 1 atom stereocenters. The molecule has 0 aromatic carbocycles. The van der Waals surface area contributed by atoms with Gasteiger partial charge in [0.1, 0.15) is 0 Å². The smallest absolute Gasteiger partial charge is 0.223 e. The van der Waals surface area contributed by atoms with Crippen LogP contribution in [0.1, 0.15) is 58.3 Å². The van der Waals surface area contributed by atoms with Crippen molar-refractivity contribution in [1.82, 2.24) is 5.32 Å². The van der Waals surface area contributed by atoms with Crippen LogP contribution in [0.3, 0.4) is 0 Å². The molecule has 0 aliphatic heterocycles. The van der Waals surface area contributed by atoms with Gasteiger partial charge in [-0.15, -0.1) is 0 Å². The SMILES string of the molecule is CCC(NC(=O)C1CC1)C1CCCCC1. The lowest BCUT2D eigenvalue weighted by atomic mass is 9.83. The largest absolute Gasteiger partial charge is 0.353 e. The Morgan fingerprint density at radius 3 is 2.40 bits per heavy atom. The third-order valence-electron chi connectivity index (χ3n) is 3.93. The zero-order chi connectivity index (χ0) is 10.7. The molecule has 1 N–H and O–H groups in total. The molecule has 0 bridgehead atoms. The lowest BCUT2D eigenvalue weighted by Crippen LogP contribution is -2.41. The highest BCUT2D eigenvalue weighted by atomic mass is 16.2. The van der Waals surface area contributed by atoms with Gasteiger partial charge in [0, 0.05) is 12.0 Å². The van der Waals surface area contributed by atoms with Crippen molar-refractivity contribution in [1.29, 1.82) is 0 Å². The van der Waals surface area contributed by atoms with Gasteiger partial charge in [0.25, 0.3) is 0 Å². The highest BCUT2D eigenvalue weighted by Gasteiger charge is 2.32. The number of amides is 1. The van der Waals surface area contributed by atoms with Crippen molar-refractivity contribution in [3.8, 4) is 0 Å². The summed E-state index contributed by atoms with van der Waals surface area (Å²) in [6.07, 6.45) is 10.1. The van der Waals surface area contributed by atoms with E-state index in [4.69, 9.17) is 0 Å². The Morgan fingerprint density at radius 1 is 1.20 bits per heavy atom. The summed E-state index contributed by atoms with van der Waals surface area (Å²) in [7, 11) is 0. The van der Waals surface area contributed by atoms with Crippen molar-refractivity contribution in [3.63, 3.8) is 0 Å². The van der Waals surface area contributed by atoms with Gasteiger partial charge >= 0.3 is 0 Å². The molecule has 1 unspecified atom stereocenters. The van der Waals surface area contributed by atoms with Crippen LogP contribution in [0.5, 0.6) is 0 Å². The Balaban J connectivity index is 1.81. The van der Waals surface area contributed by atoms with Gasteiger partial charge in [0.2, 0.25) is 5.91 Å². The van der Waals surface area contributed by atoms with Crippen LogP contribution in [0.25, 0.3) is 0 Å². The summed E-state index contributed by atoms with van der Waals surface area (Å²) in [6.45, 7) is 2.20. The minimum absolute atomic E-state index is 0.326. The van der Waals surface area contributed by atoms with Gasteiger partial charge < -0.3 is 5.32 Å². The molecule has 0 aromatic rings. The Morgan fingerprint density at radius 2 is 1.87 bits per heavy atom. The summed E-state index contributed by atoms with van der Waals surface area (Å²) in [6, 6.07) is 0.457. The number of rotatable bonds is 4. The van der Waals surface area contributed by atoms with Crippen molar-refractivity contribution < 1.29 is 4.79 Å². The molecule has 0 radical (unpaired) electrons. The van der Waals surface area contributed by atoms with E-state index in [0.717, 1.165) is 25.2 Å². The molecule has 2 aliphatic carbocycles. The maximum absolute atomic E-state index is 11.7. The normalized spacial score (nSPS) is 24.9. The van der Waals surface area contributed by atoms with E-state index < -0.39 is 0 Å². The molecule has 15 heavy (non-hydrogen) atoms. The first-order valence-corrected chi connectivity index (χ1v) is 6.61. The fraction of sp³-hybridized carbons (Fsp3) is 0.923. The van der Waals surface area contributed by atoms with Crippen LogP contribution < -0.4 is 5.32 Å². The molecule has 0 saturated heterocycles. The third kappa shape index (κ3) is 2.96. The zero-order valence-corrected chi connectivity index (χ0v) is 9.80. The number of carbonyl (C=O) groups excluding carboxylic acids is 1. The van der Waals surface area contributed by atoms with Crippen LogP contribution in [0, 0.1) is 11.8 Å². The Bertz CT molecular complexity index is 217. The van der Waals surface area contributed by atoms with Gasteiger partial charge in [-0.05, 0) is 38.0 Å². The highest BCUT2D eigenvalue weighted by molar-refractivity contribution is 5.81. The van der Waals surface area contributed by atoms with E-state index in [1.54, 1.807) is 0 Å². The van der Waals surface area contributed by atoms with E-state index in [1.807, 2.05) is 0 Å². The molecule has 2 aliphatic rings. The second-order valence-corrected chi connectivity index (χ2v) is 5.20. The van der Waals surface area contributed by atoms with Crippen molar-refractivity contribution >= 4 is 5.91 Å². The Labute approximate surface area is 92.8 Å². The number of hydrogen-bond donors (Lipinski definition) is 1. The Hall–Kier alpha value is -0.530. The first kappa shape index (κ1) is 11.0. The monoisotopic (exact) mass is 209 g/mol. The molecule has 1 amide bonds. The van der Waals surface area contributed by atoms with Crippen molar-refractivity contribution in [2.24, 2.45) is 11.8 Å². The summed E-state index contributed by atoms with van der Waals surface area (Å²) in [5.74, 6) is 1.45.